The molecule has 1 saturated heterocycles. The summed E-state index contributed by atoms with van der Waals surface area (Å²) in [7, 11) is 0. The van der Waals surface area contributed by atoms with Gasteiger partial charge in [0.2, 0.25) is 11.8 Å². The molecule has 0 radical (unpaired) electrons. The monoisotopic (exact) mass is 254 g/mol. The summed E-state index contributed by atoms with van der Waals surface area (Å²) in [4.78, 5) is 36.8. The number of urea groups is 1. The molecule has 18 heavy (non-hydrogen) atoms. The van der Waals surface area contributed by atoms with E-state index in [-0.39, 0.29) is 11.9 Å². The molecule has 5 nitrogen and oxygen atoms in total. The first-order valence-corrected chi connectivity index (χ1v) is 6.56. The van der Waals surface area contributed by atoms with Gasteiger partial charge in [-0.3, -0.25) is 19.8 Å². The smallest absolute Gasteiger partial charge is 0.277 e. The SMILES string of the molecule is CCCC1C(=O)NC(=O)N(C(C)CC(C)C)C1=O. The molecule has 4 amide bonds. The number of amides is 4. The number of hydrogen-bond acceptors (Lipinski definition) is 3. The summed E-state index contributed by atoms with van der Waals surface area (Å²) in [6, 6.07) is -0.754. The summed E-state index contributed by atoms with van der Waals surface area (Å²) in [5.41, 5.74) is 0. The summed E-state index contributed by atoms with van der Waals surface area (Å²) in [5.74, 6) is -1.12. The van der Waals surface area contributed by atoms with Crippen LogP contribution in [0.3, 0.4) is 0 Å². The molecular weight excluding hydrogens is 232 g/mol. The number of carbonyl (C=O) groups is 3. The van der Waals surface area contributed by atoms with Crippen molar-refractivity contribution in [1.82, 2.24) is 10.2 Å². The van der Waals surface area contributed by atoms with Gasteiger partial charge >= 0.3 is 6.03 Å². The van der Waals surface area contributed by atoms with E-state index in [1.54, 1.807) is 0 Å². The Morgan fingerprint density at radius 2 is 1.83 bits per heavy atom. The third-order valence-electron chi connectivity index (χ3n) is 3.13. The summed E-state index contributed by atoms with van der Waals surface area (Å²) in [5, 5.41) is 2.28. The molecule has 0 aromatic carbocycles. The Labute approximate surface area is 108 Å². The second-order valence-electron chi connectivity index (χ2n) is 5.32. The summed E-state index contributed by atoms with van der Waals surface area (Å²) < 4.78 is 0. The van der Waals surface area contributed by atoms with Gasteiger partial charge < -0.3 is 0 Å². The molecule has 1 aliphatic rings. The van der Waals surface area contributed by atoms with Crippen LogP contribution in [-0.4, -0.2) is 28.8 Å². The molecule has 0 aromatic rings. The number of imide groups is 2. The van der Waals surface area contributed by atoms with Crippen molar-refractivity contribution < 1.29 is 14.4 Å². The van der Waals surface area contributed by atoms with Crippen LogP contribution in [-0.2, 0) is 9.59 Å². The molecule has 1 N–H and O–H groups in total. The van der Waals surface area contributed by atoms with E-state index in [1.165, 1.54) is 4.90 Å². The van der Waals surface area contributed by atoms with Gasteiger partial charge in [0.25, 0.3) is 0 Å². The van der Waals surface area contributed by atoms with Crippen LogP contribution in [0.5, 0.6) is 0 Å². The summed E-state index contributed by atoms with van der Waals surface area (Å²) in [6.07, 6.45) is 1.97. The number of barbiturate groups is 1. The Morgan fingerprint density at radius 1 is 1.22 bits per heavy atom. The van der Waals surface area contributed by atoms with Gasteiger partial charge in [-0.25, -0.2) is 4.79 Å². The lowest BCUT2D eigenvalue weighted by atomic mass is 9.96. The fourth-order valence-electron chi connectivity index (χ4n) is 2.38. The Hall–Kier alpha value is -1.39. The lowest BCUT2D eigenvalue weighted by Crippen LogP contribution is -2.60. The van der Waals surface area contributed by atoms with E-state index in [9.17, 15) is 14.4 Å². The average molecular weight is 254 g/mol. The van der Waals surface area contributed by atoms with E-state index < -0.39 is 17.9 Å². The first-order chi connectivity index (χ1) is 8.38. The predicted octanol–water partition coefficient (Wildman–Crippen LogP) is 1.92. The van der Waals surface area contributed by atoms with Crippen molar-refractivity contribution in [2.45, 2.75) is 53.0 Å². The van der Waals surface area contributed by atoms with Crippen LogP contribution in [0.1, 0.15) is 47.0 Å². The minimum Gasteiger partial charge on any atom is -0.277 e. The molecule has 0 bridgehead atoms. The van der Waals surface area contributed by atoms with Gasteiger partial charge in [-0.2, -0.15) is 0 Å². The molecule has 1 rings (SSSR count). The quantitative estimate of drug-likeness (QED) is 0.762. The van der Waals surface area contributed by atoms with Crippen LogP contribution in [0.2, 0.25) is 0 Å². The molecular formula is C13H22N2O3. The third-order valence-corrected chi connectivity index (χ3v) is 3.13. The van der Waals surface area contributed by atoms with Crippen molar-refractivity contribution in [2.75, 3.05) is 0 Å². The molecule has 1 fully saturated rings. The van der Waals surface area contributed by atoms with Gasteiger partial charge in [0.15, 0.2) is 0 Å². The Morgan fingerprint density at radius 3 is 2.33 bits per heavy atom. The minimum absolute atomic E-state index is 0.176. The molecule has 0 aromatic heterocycles. The fraction of sp³-hybridized carbons (Fsp3) is 0.769. The minimum atomic E-state index is -0.706. The Kier molecular flexibility index (Phi) is 4.87. The Bertz CT molecular complexity index is 352. The maximum absolute atomic E-state index is 12.2. The highest BCUT2D eigenvalue weighted by atomic mass is 16.2. The van der Waals surface area contributed by atoms with Crippen molar-refractivity contribution in [2.24, 2.45) is 11.8 Å². The van der Waals surface area contributed by atoms with Crippen LogP contribution >= 0.6 is 0 Å². The fourth-order valence-corrected chi connectivity index (χ4v) is 2.38. The van der Waals surface area contributed by atoms with Crippen LogP contribution < -0.4 is 5.32 Å². The molecule has 102 valence electrons. The van der Waals surface area contributed by atoms with E-state index in [4.69, 9.17) is 0 Å². The van der Waals surface area contributed by atoms with Crippen molar-refractivity contribution >= 4 is 17.8 Å². The van der Waals surface area contributed by atoms with Crippen LogP contribution in [0.4, 0.5) is 4.79 Å². The molecule has 0 saturated carbocycles. The second-order valence-corrected chi connectivity index (χ2v) is 5.32. The number of hydrogen-bond donors (Lipinski definition) is 1. The molecule has 1 heterocycles. The zero-order chi connectivity index (χ0) is 13.9. The first kappa shape index (κ1) is 14.7. The number of nitrogens with one attached hydrogen (secondary N) is 1. The van der Waals surface area contributed by atoms with E-state index in [0.29, 0.717) is 12.3 Å². The summed E-state index contributed by atoms with van der Waals surface area (Å²) >= 11 is 0. The van der Waals surface area contributed by atoms with Crippen molar-refractivity contribution in [3.63, 3.8) is 0 Å². The van der Waals surface area contributed by atoms with Crippen LogP contribution in [0, 0.1) is 11.8 Å². The van der Waals surface area contributed by atoms with E-state index in [0.717, 1.165) is 12.8 Å². The van der Waals surface area contributed by atoms with E-state index in [2.05, 4.69) is 5.32 Å². The van der Waals surface area contributed by atoms with Gasteiger partial charge in [0, 0.05) is 6.04 Å². The topological polar surface area (TPSA) is 66.5 Å². The highest BCUT2D eigenvalue weighted by Gasteiger charge is 2.41. The maximum atomic E-state index is 12.2. The lowest BCUT2D eigenvalue weighted by molar-refractivity contribution is -0.144. The average Bonchev–Trinajstić information content (AvgIpc) is 2.22. The molecule has 0 aliphatic carbocycles. The maximum Gasteiger partial charge on any atom is 0.331 e. The summed E-state index contributed by atoms with van der Waals surface area (Å²) in [6.45, 7) is 7.84. The highest BCUT2D eigenvalue weighted by molar-refractivity contribution is 6.16. The molecule has 5 heteroatoms. The molecule has 2 unspecified atom stereocenters. The van der Waals surface area contributed by atoms with Crippen LogP contribution in [0.25, 0.3) is 0 Å². The Balaban J connectivity index is 2.86. The predicted molar refractivity (Wildman–Crippen MR) is 67.7 cm³/mol. The number of carbonyl (C=O) groups excluding carboxylic acids is 3. The zero-order valence-corrected chi connectivity index (χ0v) is 11.5. The van der Waals surface area contributed by atoms with Gasteiger partial charge in [0.1, 0.15) is 5.92 Å². The highest BCUT2D eigenvalue weighted by Crippen LogP contribution is 2.20. The normalized spacial score (nSPS) is 22.4. The zero-order valence-electron chi connectivity index (χ0n) is 11.5. The third kappa shape index (κ3) is 3.09. The van der Waals surface area contributed by atoms with Gasteiger partial charge in [-0.05, 0) is 25.7 Å². The molecule has 1 aliphatic heterocycles. The van der Waals surface area contributed by atoms with Crippen LogP contribution in [0.15, 0.2) is 0 Å². The first-order valence-electron chi connectivity index (χ1n) is 6.56. The molecule has 2 atom stereocenters. The number of rotatable bonds is 5. The second kappa shape index (κ2) is 5.98. The number of nitrogens with zero attached hydrogens (tertiary/aromatic N) is 1. The van der Waals surface area contributed by atoms with Gasteiger partial charge in [-0.15, -0.1) is 0 Å². The van der Waals surface area contributed by atoms with Crippen molar-refractivity contribution in [1.29, 1.82) is 0 Å². The van der Waals surface area contributed by atoms with Gasteiger partial charge in [0.05, 0.1) is 0 Å². The standard InChI is InChI=1S/C13H22N2O3/c1-5-6-10-11(16)14-13(18)15(12(10)17)9(4)7-8(2)3/h8-10H,5-7H2,1-4H3,(H,14,16,18). The van der Waals surface area contributed by atoms with Gasteiger partial charge in [-0.1, -0.05) is 27.2 Å². The molecule has 0 spiro atoms. The van der Waals surface area contributed by atoms with E-state index in [1.807, 2.05) is 27.7 Å². The lowest BCUT2D eigenvalue weighted by Gasteiger charge is -2.34. The largest absolute Gasteiger partial charge is 0.331 e. The van der Waals surface area contributed by atoms with Crippen molar-refractivity contribution in [3.8, 4) is 0 Å². The van der Waals surface area contributed by atoms with E-state index >= 15 is 0 Å². The van der Waals surface area contributed by atoms with Crippen molar-refractivity contribution in [3.05, 3.63) is 0 Å².